The predicted octanol–water partition coefficient (Wildman–Crippen LogP) is 2.98. The lowest BCUT2D eigenvalue weighted by Gasteiger charge is -2.26. The summed E-state index contributed by atoms with van der Waals surface area (Å²) in [4.78, 5) is 32.9. The van der Waals surface area contributed by atoms with Crippen molar-refractivity contribution in [3.05, 3.63) is 28.8 Å². The van der Waals surface area contributed by atoms with Gasteiger partial charge in [0.05, 0.1) is 26.1 Å². The fraction of sp³-hybridized carbons (Fsp3) is 0.500. The number of carbonyl (C=O) groups excluding carboxylic acids is 1. The summed E-state index contributed by atoms with van der Waals surface area (Å²) in [6.07, 6.45) is 6.12. The topological polar surface area (TPSA) is 98.2 Å². The van der Waals surface area contributed by atoms with Crippen molar-refractivity contribution in [3.63, 3.8) is 0 Å². The van der Waals surface area contributed by atoms with Crippen LogP contribution in [0.4, 0.5) is 0 Å². The van der Waals surface area contributed by atoms with Gasteiger partial charge in [-0.25, -0.2) is 4.98 Å². The monoisotopic (exact) mass is 412 g/mol. The number of fused-ring (bicyclic) bond motifs is 3. The Morgan fingerprint density at radius 3 is 2.60 bits per heavy atom. The fourth-order valence-corrected chi connectivity index (χ4v) is 4.20. The van der Waals surface area contributed by atoms with Gasteiger partial charge in [-0.2, -0.15) is 0 Å². The van der Waals surface area contributed by atoms with Gasteiger partial charge in [0.1, 0.15) is 11.0 Å². The van der Waals surface area contributed by atoms with Crippen LogP contribution in [0, 0.1) is 5.92 Å². The average Bonchev–Trinajstić information content (AvgIpc) is 3.12. The highest BCUT2D eigenvalue weighted by Crippen LogP contribution is 2.34. The van der Waals surface area contributed by atoms with Crippen molar-refractivity contribution in [2.24, 2.45) is 5.92 Å². The summed E-state index contributed by atoms with van der Waals surface area (Å²) >= 11 is 0. The summed E-state index contributed by atoms with van der Waals surface area (Å²) in [6, 6.07) is 3.85. The van der Waals surface area contributed by atoms with Crippen molar-refractivity contribution >= 4 is 27.8 Å². The molecule has 4 rings (SSSR count). The largest absolute Gasteiger partial charge is 0.493 e. The van der Waals surface area contributed by atoms with Crippen molar-refractivity contribution in [3.8, 4) is 11.5 Å². The Morgan fingerprint density at radius 1 is 1.20 bits per heavy atom. The van der Waals surface area contributed by atoms with Crippen LogP contribution >= 0.6 is 0 Å². The molecule has 1 fully saturated rings. The Kier molecular flexibility index (Phi) is 5.65. The van der Waals surface area contributed by atoms with Gasteiger partial charge in [-0.3, -0.25) is 14.2 Å². The van der Waals surface area contributed by atoms with Crippen molar-refractivity contribution in [2.45, 2.75) is 51.6 Å². The molecule has 2 heterocycles. The van der Waals surface area contributed by atoms with E-state index in [0.29, 0.717) is 29.1 Å². The summed E-state index contributed by atoms with van der Waals surface area (Å²) in [5.74, 6) is 1.87. The normalized spacial score (nSPS) is 19.2. The van der Waals surface area contributed by atoms with E-state index in [9.17, 15) is 9.59 Å². The Hall–Kier alpha value is -3.03. The molecule has 3 aromatic rings. The fourth-order valence-electron chi connectivity index (χ4n) is 4.20. The van der Waals surface area contributed by atoms with Gasteiger partial charge < -0.3 is 19.8 Å². The quantitative estimate of drug-likeness (QED) is 0.649. The van der Waals surface area contributed by atoms with Gasteiger partial charge in [0.15, 0.2) is 11.5 Å². The molecule has 2 aromatic heterocycles. The van der Waals surface area contributed by atoms with Gasteiger partial charge in [0.25, 0.3) is 5.56 Å². The third-order valence-electron chi connectivity index (χ3n) is 6.04. The summed E-state index contributed by atoms with van der Waals surface area (Å²) < 4.78 is 12.2. The molecular weight excluding hydrogens is 384 g/mol. The molecule has 0 atom stereocenters. The number of nitrogens with one attached hydrogen (secondary N) is 2. The van der Waals surface area contributed by atoms with Gasteiger partial charge in [-0.1, -0.05) is 6.92 Å². The first-order chi connectivity index (χ1) is 14.5. The first-order valence-electron chi connectivity index (χ1n) is 10.4. The van der Waals surface area contributed by atoms with E-state index >= 15 is 0 Å². The molecular formula is C22H28N4O4. The number of amides is 1. The van der Waals surface area contributed by atoms with Crippen LogP contribution in [-0.2, 0) is 11.3 Å². The van der Waals surface area contributed by atoms with Crippen LogP contribution in [0.15, 0.2) is 23.3 Å². The van der Waals surface area contributed by atoms with Crippen molar-refractivity contribution in [2.75, 3.05) is 14.2 Å². The molecule has 1 amide bonds. The zero-order valence-electron chi connectivity index (χ0n) is 17.7. The number of aryl methyl sites for hydroxylation is 1. The van der Waals surface area contributed by atoms with E-state index in [-0.39, 0.29) is 23.9 Å². The Morgan fingerprint density at radius 2 is 1.90 bits per heavy atom. The average molecular weight is 412 g/mol. The standard InChI is InChI=1S/C22H28N4O4/c1-13-4-6-14(7-5-13)24-19(27)8-9-26-12-23-20-15-10-17(29-2)18(30-3)11-16(15)25-21(20)22(26)28/h10-14,25H,4-9H2,1-3H3,(H,24,27). The third-order valence-corrected chi connectivity index (χ3v) is 6.04. The van der Waals surface area contributed by atoms with E-state index in [0.717, 1.165) is 42.5 Å². The molecule has 1 aromatic carbocycles. The predicted molar refractivity (Wildman–Crippen MR) is 115 cm³/mol. The molecule has 1 saturated carbocycles. The molecule has 0 bridgehead atoms. The number of hydrogen-bond donors (Lipinski definition) is 2. The number of nitrogens with zero attached hydrogens (tertiary/aromatic N) is 2. The molecule has 160 valence electrons. The van der Waals surface area contributed by atoms with E-state index in [4.69, 9.17) is 9.47 Å². The smallest absolute Gasteiger partial charge is 0.277 e. The molecule has 2 N–H and O–H groups in total. The zero-order chi connectivity index (χ0) is 21.3. The molecule has 0 saturated heterocycles. The maximum absolute atomic E-state index is 12.9. The van der Waals surface area contributed by atoms with Crippen molar-refractivity contribution in [1.29, 1.82) is 0 Å². The Balaban J connectivity index is 1.52. The van der Waals surface area contributed by atoms with E-state index in [1.165, 1.54) is 10.9 Å². The number of rotatable bonds is 6. The number of hydrogen-bond acceptors (Lipinski definition) is 5. The first kappa shape index (κ1) is 20.3. The molecule has 0 radical (unpaired) electrons. The first-order valence-corrected chi connectivity index (χ1v) is 10.4. The zero-order valence-corrected chi connectivity index (χ0v) is 17.7. The number of aromatic amines is 1. The van der Waals surface area contributed by atoms with E-state index < -0.39 is 0 Å². The molecule has 8 nitrogen and oxygen atoms in total. The lowest BCUT2D eigenvalue weighted by atomic mass is 9.87. The summed E-state index contributed by atoms with van der Waals surface area (Å²) in [7, 11) is 3.13. The molecule has 1 aliphatic rings. The minimum atomic E-state index is -0.201. The lowest BCUT2D eigenvalue weighted by molar-refractivity contribution is -0.122. The SMILES string of the molecule is COc1cc2[nH]c3c(=O)n(CCC(=O)NC4CCC(C)CC4)cnc3c2cc1OC. The highest BCUT2D eigenvalue weighted by molar-refractivity contribution is 6.05. The highest BCUT2D eigenvalue weighted by atomic mass is 16.5. The van der Waals surface area contributed by atoms with Crippen LogP contribution in [0.5, 0.6) is 11.5 Å². The minimum absolute atomic E-state index is 0.0207. The van der Waals surface area contributed by atoms with Crippen LogP contribution in [0.3, 0.4) is 0 Å². The molecule has 0 spiro atoms. The highest BCUT2D eigenvalue weighted by Gasteiger charge is 2.20. The lowest BCUT2D eigenvalue weighted by Crippen LogP contribution is -2.38. The second-order valence-electron chi connectivity index (χ2n) is 8.12. The molecule has 8 heteroatoms. The Bertz CT molecular complexity index is 1130. The van der Waals surface area contributed by atoms with Gasteiger partial charge in [-0.15, -0.1) is 0 Å². The summed E-state index contributed by atoms with van der Waals surface area (Å²) in [6.45, 7) is 2.54. The van der Waals surface area contributed by atoms with Crippen LogP contribution < -0.4 is 20.3 Å². The van der Waals surface area contributed by atoms with Gasteiger partial charge in [0.2, 0.25) is 5.91 Å². The second kappa shape index (κ2) is 8.38. The number of benzene rings is 1. The van der Waals surface area contributed by atoms with Crippen LogP contribution in [0.25, 0.3) is 21.9 Å². The maximum atomic E-state index is 12.9. The number of carbonyl (C=O) groups is 1. The van der Waals surface area contributed by atoms with Crippen molar-refractivity contribution < 1.29 is 14.3 Å². The minimum Gasteiger partial charge on any atom is -0.493 e. The maximum Gasteiger partial charge on any atom is 0.277 e. The van der Waals surface area contributed by atoms with E-state index in [1.54, 1.807) is 20.3 Å². The Labute approximate surface area is 174 Å². The number of H-pyrrole nitrogens is 1. The summed E-state index contributed by atoms with van der Waals surface area (Å²) in [5, 5.41) is 3.89. The second-order valence-corrected chi connectivity index (χ2v) is 8.12. The number of aromatic nitrogens is 3. The number of ether oxygens (including phenoxy) is 2. The van der Waals surface area contributed by atoms with E-state index in [2.05, 4.69) is 22.2 Å². The van der Waals surface area contributed by atoms with Crippen LogP contribution in [0.1, 0.15) is 39.0 Å². The van der Waals surface area contributed by atoms with Gasteiger partial charge in [0, 0.05) is 30.5 Å². The van der Waals surface area contributed by atoms with Crippen molar-refractivity contribution in [1.82, 2.24) is 19.9 Å². The van der Waals surface area contributed by atoms with Gasteiger partial charge >= 0.3 is 0 Å². The molecule has 0 unspecified atom stereocenters. The van der Waals surface area contributed by atoms with Crippen LogP contribution in [0.2, 0.25) is 0 Å². The molecule has 30 heavy (non-hydrogen) atoms. The summed E-state index contributed by atoms with van der Waals surface area (Å²) in [5.41, 5.74) is 1.53. The molecule has 0 aliphatic heterocycles. The van der Waals surface area contributed by atoms with Gasteiger partial charge in [-0.05, 0) is 37.7 Å². The van der Waals surface area contributed by atoms with Crippen LogP contribution in [-0.4, -0.2) is 40.7 Å². The molecule has 1 aliphatic carbocycles. The van der Waals surface area contributed by atoms with E-state index in [1.807, 2.05) is 6.07 Å². The third kappa shape index (κ3) is 3.86. The number of methoxy groups -OCH3 is 2.